The normalized spacial score (nSPS) is 14.9. The number of hydrogen-bond acceptors (Lipinski definition) is 4. The minimum Gasteiger partial charge on any atom is -0.350 e. The smallest absolute Gasteiger partial charge is 0.242 e. The number of aryl methyl sites for hydroxylation is 2. The summed E-state index contributed by atoms with van der Waals surface area (Å²) in [7, 11) is 5.81. The molecule has 2 rings (SSSR count). The summed E-state index contributed by atoms with van der Waals surface area (Å²) in [5.41, 5.74) is 2.17. The molecule has 0 atom stereocenters. The van der Waals surface area contributed by atoms with Crippen molar-refractivity contribution in [2.75, 3.05) is 38.6 Å². The Morgan fingerprint density at radius 3 is 2.65 bits per heavy atom. The van der Waals surface area contributed by atoms with Crippen LogP contribution in [0.15, 0.2) is 0 Å². The van der Waals surface area contributed by atoms with E-state index in [2.05, 4.69) is 10.4 Å². The molecule has 0 aliphatic carbocycles. The lowest BCUT2D eigenvalue weighted by Gasteiger charge is -2.24. The molecule has 0 radical (unpaired) electrons. The highest BCUT2D eigenvalue weighted by molar-refractivity contribution is 5.81. The van der Waals surface area contributed by atoms with E-state index < -0.39 is 0 Å². The quantitative estimate of drug-likeness (QED) is 0.853. The Bertz CT molecular complexity index is 476. The van der Waals surface area contributed by atoms with Crippen LogP contribution in [0.3, 0.4) is 0 Å². The van der Waals surface area contributed by atoms with Crippen LogP contribution in [0.1, 0.15) is 24.1 Å². The van der Waals surface area contributed by atoms with Crippen LogP contribution < -0.4 is 10.2 Å². The first-order chi connectivity index (χ1) is 9.54. The van der Waals surface area contributed by atoms with Gasteiger partial charge >= 0.3 is 0 Å². The van der Waals surface area contributed by atoms with Crippen LogP contribution in [0.5, 0.6) is 0 Å². The Morgan fingerprint density at radius 2 is 2.05 bits per heavy atom. The molecule has 1 amide bonds. The van der Waals surface area contributed by atoms with Gasteiger partial charge in [0.25, 0.3) is 0 Å². The molecule has 6 nitrogen and oxygen atoms in total. The van der Waals surface area contributed by atoms with Gasteiger partial charge in [-0.25, -0.2) is 0 Å². The molecular weight excluding hydrogens is 254 g/mol. The minimum atomic E-state index is 0.208. The van der Waals surface area contributed by atoms with Crippen molar-refractivity contribution in [1.29, 1.82) is 0 Å². The van der Waals surface area contributed by atoms with E-state index in [1.54, 1.807) is 0 Å². The largest absolute Gasteiger partial charge is 0.350 e. The maximum atomic E-state index is 12.3. The number of carbonyl (C=O) groups excluding carboxylic acids is 1. The Kier molecular flexibility index (Phi) is 4.65. The van der Waals surface area contributed by atoms with E-state index in [1.165, 1.54) is 0 Å². The summed E-state index contributed by atoms with van der Waals surface area (Å²) in [6.45, 7) is 4.99. The summed E-state index contributed by atoms with van der Waals surface area (Å²) in [6.07, 6.45) is 2.26. The first-order valence-corrected chi connectivity index (χ1v) is 7.20. The van der Waals surface area contributed by atoms with Crippen LogP contribution in [0.25, 0.3) is 0 Å². The maximum Gasteiger partial charge on any atom is 0.242 e. The zero-order chi connectivity index (χ0) is 14.7. The molecule has 2 heterocycles. The Balaban J connectivity index is 2.11. The van der Waals surface area contributed by atoms with Crippen LogP contribution in [0.2, 0.25) is 0 Å². The molecule has 0 unspecified atom stereocenters. The van der Waals surface area contributed by atoms with Gasteiger partial charge in [-0.2, -0.15) is 5.10 Å². The predicted octanol–water partition coefficient (Wildman–Crippen LogP) is 0.507. The molecule has 20 heavy (non-hydrogen) atoms. The monoisotopic (exact) mass is 279 g/mol. The fourth-order valence-electron chi connectivity index (χ4n) is 2.90. The lowest BCUT2D eigenvalue weighted by atomic mass is 10.2. The molecule has 0 bridgehead atoms. The number of nitrogens with one attached hydrogen (secondary N) is 1. The van der Waals surface area contributed by atoms with Crippen molar-refractivity contribution < 1.29 is 4.79 Å². The molecule has 1 aromatic rings. The van der Waals surface area contributed by atoms with Crippen LogP contribution in [0, 0.1) is 6.92 Å². The molecule has 112 valence electrons. The molecule has 6 heteroatoms. The van der Waals surface area contributed by atoms with Gasteiger partial charge in [0.15, 0.2) is 0 Å². The second-order valence-electron chi connectivity index (χ2n) is 5.49. The lowest BCUT2D eigenvalue weighted by Crippen LogP contribution is -2.38. The molecule has 0 spiro atoms. The van der Waals surface area contributed by atoms with E-state index in [0.717, 1.165) is 49.6 Å². The van der Waals surface area contributed by atoms with Crippen LogP contribution >= 0.6 is 0 Å². The van der Waals surface area contributed by atoms with Gasteiger partial charge in [0, 0.05) is 39.3 Å². The number of nitrogens with zero attached hydrogens (tertiary/aromatic N) is 4. The van der Waals surface area contributed by atoms with Gasteiger partial charge in [-0.3, -0.25) is 9.48 Å². The van der Waals surface area contributed by atoms with Crippen molar-refractivity contribution in [3.8, 4) is 0 Å². The average Bonchev–Trinajstić information content (AvgIpc) is 2.99. The predicted molar refractivity (Wildman–Crippen MR) is 79.8 cm³/mol. The third-order valence-electron chi connectivity index (χ3n) is 3.86. The van der Waals surface area contributed by atoms with E-state index in [1.807, 2.05) is 42.5 Å². The number of hydrogen-bond donors (Lipinski definition) is 1. The fourth-order valence-corrected chi connectivity index (χ4v) is 2.90. The molecule has 1 aromatic heterocycles. The van der Waals surface area contributed by atoms with E-state index in [4.69, 9.17) is 0 Å². The van der Waals surface area contributed by atoms with Gasteiger partial charge in [-0.05, 0) is 26.8 Å². The SMILES string of the molecule is CNCc1c(C)nn(C)c1N(C)CC(=O)N1CCCC1. The van der Waals surface area contributed by atoms with Gasteiger partial charge in [0.05, 0.1) is 12.2 Å². The van der Waals surface area contributed by atoms with E-state index in [-0.39, 0.29) is 5.91 Å². The van der Waals surface area contributed by atoms with Crippen molar-refractivity contribution in [3.63, 3.8) is 0 Å². The molecule has 1 N–H and O–H groups in total. The van der Waals surface area contributed by atoms with E-state index >= 15 is 0 Å². The number of likely N-dealkylation sites (tertiary alicyclic amines) is 1. The summed E-state index contributed by atoms with van der Waals surface area (Å²) in [5.74, 6) is 1.23. The molecule has 0 aromatic carbocycles. The van der Waals surface area contributed by atoms with E-state index in [9.17, 15) is 4.79 Å². The van der Waals surface area contributed by atoms with Gasteiger partial charge < -0.3 is 15.1 Å². The van der Waals surface area contributed by atoms with Crippen LogP contribution in [-0.2, 0) is 18.4 Å². The summed E-state index contributed by atoms with van der Waals surface area (Å²) in [6, 6.07) is 0. The first-order valence-electron chi connectivity index (χ1n) is 7.20. The number of carbonyl (C=O) groups is 1. The van der Waals surface area contributed by atoms with Crippen molar-refractivity contribution >= 4 is 11.7 Å². The van der Waals surface area contributed by atoms with Crippen LogP contribution in [0.4, 0.5) is 5.82 Å². The zero-order valence-corrected chi connectivity index (χ0v) is 12.9. The van der Waals surface area contributed by atoms with Crippen molar-refractivity contribution in [2.24, 2.45) is 7.05 Å². The first kappa shape index (κ1) is 14.8. The fraction of sp³-hybridized carbons (Fsp3) is 0.714. The molecular formula is C14H25N5O. The number of likely N-dealkylation sites (N-methyl/N-ethyl adjacent to an activating group) is 1. The highest BCUT2D eigenvalue weighted by Crippen LogP contribution is 2.22. The van der Waals surface area contributed by atoms with Crippen LogP contribution in [-0.4, -0.2) is 54.3 Å². The second-order valence-corrected chi connectivity index (χ2v) is 5.49. The molecule has 1 fully saturated rings. The average molecular weight is 279 g/mol. The maximum absolute atomic E-state index is 12.3. The summed E-state index contributed by atoms with van der Waals surface area (Å²) in [4.78, 5) is 16.2. The summed E-state index contributed by atoms with van der Waals surface area (Å²) >= 11 is 0. The number of rotatable bonds is 5. The Labute approximate surface area is 120 Å². The topological polar surface area (TPSA) is 53.4 Å². The summed E-state index contributed by atoms with van der Waals surface area (Å²) < 4.78 is 1.86. The second kappa shape index (κ2) is 6.26. The van der Waals surface area contributed by atoms with Gasteiger partial charge in [0.1, 0.15) is 5.82 Å². The highest BCUT2D eigenvalue weighted by atomic mass is 16.2. The van der Waals surface area contributed by atoms with Gasteiger partial charge in [-0.1, -0.05) is 0 Å². The van der Waals surface area contributed by atoms with Crippen molar-refractivity contribution in [1.82, 2.24) is 20.0 Å². The highest BCUT2D eigenvalue weighted by Gasteiger charge is 2.22. The molecule has 1 aliphatic heterocycles. The molecule has 1 aliphatic rings. The minimum absolute atomic E-state index is 0.208. The summed E-state index contributed by atoms with van der Waals surface area (Å²) in [5, 5.41) is 7.63. The van der Waals surface area contributed by atoms with Crippen molar-refractivity contribution in [2.45, 2.75) is 26.3 Å². The zero-order valence-electron chi connectivity index (χ0n) is 12.9. The Morgan fingerprint density at radius 1 is 1.40 bits per heavy atom. The third-order valence-corrected chi connectivity index (χ3v) is 3.86. The number of anilines is 1. The number of aromatic nitrogens is 2. The van der Waals surface area contributed by atoms with Gasteiger partial charge in [-0.15, -0.1) is 0 Å². The third kappa shape index (κ3) is 2.95. The van der Waals surface area contributed by atoms with Crippen molar-refractivity contribution in [3.05, 3.63) is 11.3 Å². The van der Waals surface area contributed by atoms with Gasteiger partial charge in [0.2, 0.25) is 5.91 Å². The standard InChI is InChI=1S/C14H25N5O/c1-11-12(9-15-2)14(18(4)16-11)17(3)10-13(20)19-7-5-6-8-19/h15H,5-10H2,1-4H3. The molecule has 1 saturated heterocycles. The lowest BCUT2D eigenvalue weighted by molar-refractivity contribution is -0.128. The Hall–Kier alpha value is -1.56. The molecule has 0 saturated carbocycles. The van der Waals surface area contributed by atoms with E-state index in [0.29, 0.717) is 6.54 Å². The number of amides is 1.